The van der Waals surface area contributed by atoms with Crippen LogP contribution in [0.3, 0.4) is 0 Å². The van der Waals surface area contributed by atoms with Gasteiger partial charge >= 0.3 is 5.80 Å². The Labute approximate surface area is 47.8 Å². The van der Waals surface area contributed by atoms with E-state index in [1.165, 1.54) is 0 Å². The number of alkyl halides is 3. The van der Waals surface area contributed by atoms with Gasteiger partial charge in [0.25, 0.3) is 9.76 Å². The molecule has 0 aliphatic heterocycles. The van der Waals surface area contributed by atoms with Crippen LogP contribution in [0.1, 0.15) is 6.92 Å². The smallest absolute Gasteiger partial charge is 0.382 e. The van der Waals surface area contributed by atoms with Crippen molar-refractivity contribution in [3.05, 3.63) is 0 Å². The molecule has 0 radical (unpaired) electrons. The van der Waals surface area contributed by atoms with Gasteiger partial charge in [0.15, 0.2) is 0 Å². The van der Waals surface area contributed by atoms with Crippen molar-refractivity contribution in [2.75, 3.05) is 6.61 Å². The topological polar surface area (TPSA) is 9.23 Å². The van der Waals surface area contributed by atoms with Crippen molar-refractivity contribution in [2.45, 2.75) is 12.7 Å². The molecule has 0 rings (SSSR count). The van der Waals surface area contributed by atoms with E-state index in [1.807, 2.05) is 0 Å². The van der Waals surface area contributed by atoms with Crippen LogP contribution in [0.4, 0.5) is 13.2 Å². The summed E-state index contributed by atoms with van der Waals surface area (Å²) in [6.45, 7) is 1.73. The monoisotopic (exact) mass is 144 g/mol. The van der Waals surface area contributed by atoms with Gasteiger partial charge in [-0.15, -0.1) is 0 Å². The van der Waals surface area contributed by atoms with Gasteiger partial charge in [0.05, 0.1) is 0 Å². The summed E-state index contributed by atoms with van der Waals surface area (Å²) in [4.78, 5) is 0. The molecule has 0 saturated heterocycles. The van der Waals surface area contributed by atoms with Crippen LogP contribution in [0.2, 0.25) is 0 Å². The fourth-order valence-corrected chi connectivity index (χ4v) is 0.653. The van der Waals surface area contributed by atoms with E-state index < -0.39 is 15.6 Å². The fraction of sp³-hybridized carbons (Fsp3) is 1.00. The molecule has 0 N–H and O–H groups in total. The molecule has 5 heteroatoms. The van der Waals surface area contributed by atoms with Gasteiger partial charge in [-0.3, -0.25) is 0 Å². The second-order valence-electron chi connectivity index (χ2n) is 1.25. The molecule has 1 nitrogen and oxygen atoms in total. The van der Waals surface area contributed by atoms with Crippen molar-refractivity contribution in [1.29, 1.82) is 0 Å². The van der Waals surface area contributed by atoms with Crippen LogP contribution in [-0.4, -0.2) is 22.2 Å². The zero-order chi connectivity index (χ0) is 6.62. The highest BCUT2D eigenvalue weighted by molar-refractivity contribution is 6.29. The SMILES string of the molecule is CCO[SiH2]C(F)(F)F. The summed E-state index contributed by atoms with van der Waals surface area (Å²) in [5.41, 5.74) is 0. The summed E-state index contributed by atoms with van der Waals surface area (Å²) in [6.07, 6.45) is 0. The molecule has 0 aromatic rings. The van der Waals surface area contributed by atoms with E-state index >= 15 is 0 Å². The average Bonchev–Trinajstić information content (AvgIpc) is 1.59. The lowest BCUT2D eigenvalue weighted by Crippen LogP contribution is -2.21. The van der Waals surface area contributed by atoms with E-state index in [0.717, 1.165) is 0 Å². The Bertz CT molecular complexity index is 62.0. The van der Waals surface area contributed by atoms with Gasteiger partial charge < -0.3 is 4.43 Å². The molecule has 0 aliphatic carbocycles. The summed E-state index contributed by atoms with van der Waals surface area (Å²) in [5.74, 6) is -4.03. The first-order valence-electron chi connectivity index (χ1n) is 2.20. The summed E-state index contributed by atoms with van der Waals surface area (Å²) < 4.78 is 37.7. The zero-order valence-corrected chi connectivity index (χ0v) is 5.87. The van der Waals surface area contributed by atoms with Crippen molar-refractivity contribution in [3.63, 3.8) is 0 Å². The molecule has 0 aliphatic rings. The van der Waals surface area contributed by atoms with Crippen LogP contribution < -0.4 is 0 Å². The maximum absolute atomic E-state index is 11.2. The summed E-state index contributed by atoms with van der Waals surface area (Å²) in [5, 5.41) is 0. The van der Waals surface area contributed by atoms with Crippen LogP contribution in [0, 0.1) is 0 Å². The second kappa shape index (κ2) is 3.08. The Morgan fingerprint density at radius 2 is 2.00 bits per heavy atom. The highest BCUT2D eigenvalue weighted by Crippen LogP contribution is 2.11. The van der Waals surface area contributed by atoms with E-state index in [1.54, 1.807) is 6.92 Å². The van der Waals surface area contributed by atoms with Crippen LogP contribution >= 0.6 is 0 Å². The summed E-state index contributed by atoms with van der Waals surface area (Å²) in [6, 6.07) is 0. The number of hydrogen-bond acceptors (Lipinski definition) is 1. The van der Waals surface area contributed by atoms with Crippen molar-refractivity contribution < 1.29 is 17.6 Å². The predicted octanol–water partition coefficient (Wildman–Crippen LogP) is 0.626. The Morgan fingerprint density at radius 1 is 1.50 bits per heavy atom. The molecule has 0 spiro atoms. The van der Waals surface area contributed by atoms with E-state index in [-0.39, 0.29) is 6.61 Å². The van der Waals surface area contributed by atoms with Gasteiger partial charge in [-0.05, 0) is 6.92 Å². The largest absolute Gasteiger partial charge is 0.414 e. The van der Waals surface area contributed by atoms with Gasteiger partial charge in [-0.1, -0.05) is 0 Å². The van der Waals surface area contributed by atoms with Gasteiger partial charge in [-0.25, -0.2) is 0 Å². The maximum atomic E-state index is 11.2. The summed E-state index contributed by atoms with van der Waals surface area (Å²) in [7, 11) is -2.25. The van der Waals surface area contributed by atoms with E-state index in [9.17, 15) is 13.2 Å². The first kappa shape index (κ1) is 7.97. The lowest BCUT2D eigenvalue weighted by molar-refractivity contribution is -0.0592. The standard InChI is InChI=1S/C3H7F3OSi/c1-2-7-8-3(4,5)6/h2,8H2,1H3. The van der Waals surface area contributed by atoms with Gasteiger partial charge in [0.2, 0.25) is 0 Å². The minimum atomic E-state index is -4.03. The van der Waals surface area contributed by atoms with Gasteiger partial charge in [0.1, 0.15) is 0 Å². The second-order valence-corrected chi connectivity index (χ2v) is 2.75. The molecule has 0 saturated carbocycles. The van der Waals surface area contributed by atoms with Crippen molar-refractivity contribution in [3.8, 4) is 0 Å². The quantitative estimate of drug-likeness (QED) is 0.516. The molecule has 0 unspecified atom stereocenters. The number of rotatable bonds is 2. The van der Waals surface area contributed by atoms with Crippen molar-refractivity contribution in [2.24, 2.45) is 0 Å². The Morgan fingerprint density at radius 3 is 2.12 bits per heavy atom. The molecule has 0 amide bonds. The molecular weight excluding hydrogens is 137 g/mol. The molecule has 0 aromatic heterocycles. The zero-order valence-electron chi connectivity index (χ0n) is 4.46. The van der Waals surface area contributed by atoms with Crippen LogP contribution in [0.5, 0.6) is 0 Å². The highest BCUT2D eigenvalue weighted by atomic mass is 28.2. The molecule has 8 heavy (non-hydrogen) atoms. The third-order valence-electron chi connectivity index (χ3n) is 0.470. The maximum Gasteiger partial charge on any atom is 0.382 e. The van der Waals surface area contributed by atoms with E-state index in [0.29, 0.717) is 0 Å². The van der Waals surface area contributed by atoms with Crippen LogP contribution in [0.25, 0.3) is 0 Å². The number of hydrogen-bond donors (Lipinski definition) is 0. The van der Waals surface area contributed by atoms with Crippen LogP contribution in [0.15, 0.2) is 0 Å². The normalized spacial score (nSPS) is 13.5. The minimum absolute atomic E-state index is 0.172. The predicted molar refractivity (Wildman–Crippen MR) is 26.2 cm³/mol. The molecule has 0 heterocycles. The average molecular weight is 144 g/mol. The van der Waals surface area contributed by atoms with E-state index in [4.69, 9.17) is 0 Å². The molecule has 0 bridgehead atoms. The Balaban J connectivity index is 3.11. The van der Waals surface area contributed by atoms with Gasteiger partial charge in [0, 0.05) is 6.61 Å². The third-order valence-corrected chi connectivity index (χ3v) is 1.41. The Kier molecular flexibility index (Phi) is 3.07. The molecule has 0 aromatic carbocycles. The lowest BCUT2D eigenvalue weighted by atomic mass is 10.9. The van der Waals surface area contributed by atoms with Crippen molar-refractivity contribution in [1.82, 2.24) is 0 Å². The minimum Gasteiger partial charge on any atom is -0.414 e. The Hall–Kier alpha value is -0.0331. The first-order valence-corrected chi connectivity index (χ1v) is 3.49. The molecule has 0 fully saturated rings. The summed E-state index contributed by atoms with van der Waals surface area (Å²) >= 11 is 0. The fourth-order valence-electron chi connectivity index (χ4n) is 0.218. The van der Waals surface area contributed by atoms with Crippen molar-refractivity contribution >= 4 is 9.76 Å². The molecular formula is C3H7F3OSi. The third kappa shape index (κ3) is 5.97. The lowest BCUT2D eigenvalue weighted by Gasteiger charge is -2.02. The van der Waals surface area contributed by atoms with Crippen LogP contribution in [-0.2, 0) is 4.43 Å². The van der Waals surface area contributed by atoms with E-state index in [2.05, 4.69) is 4.43 Å². The molecule has 50 valence electrons. The van der Waals surface area contributed by atoms with Gasteiger partial charge in [-0.2, -0.15) is 13.2 Å². The molecule has 0 atom stereocenters. The first-order chi connectivity index (χ1) is 3.56. The highest BCUT2D eigenvalue weighted by Gasteiger charge is 2.27. The number of halogens is 3.